The molecule has 0 bridgehead atoms. The second kappa shape index (κ2) is 9.92. The van der Waals surface area contributed by atoms with Gasteiger partial charge in [-0.3, -0.25) is 9.59 Å². The van der Waals surface area contributed by atoms with Crippen LogP contribution in [0.4, 0.5) is 0 Å². The fraction of sp³-hybridized carbons (Fsp3) is 0.583. The largest absolute Gasteiger partial charge is 0.342 e. The van der Waals surface area contributed by atoms with Crippen LogP contribution in [-0.4, -0.2) is 59.9 Å². The molecule has 9 heteroatoms. The van der Waals surface area contributed by atoms with Gasteiger partial charge in [-0.15, -0.1) is 0 Å². The number of rotatable bonds is 3. The van der Waals surface area contributed by atoms with Crippen molar-refractivity contribution < 1.29 is 9.59 Å². The third kappa shape index (κ3) is 5.08. The quantitative estimate of drug-likeness (QED) is 0.566. The van der Waals surface area contributed by atoms with Gasteiger partial charge in [-0.2, -0.15) is 5.53 Å². The summed E-state index contributed by atoms with van der Waals surface area (Å²) >= 11 is 12.2. The van der Waals surface area contributed by atoms with Gasteiger partial charge in [0.05, 0.1) is 0 Å². The first-order valence-electron chi connectivity index (χ1n) is 11.9. The number of halogens is 2. The number of nitrogens with one attached hydrogen (secondary N) is 3. The second-order valence-electron chi connectivity index (χ2n) is 9.80. The Kier molecular flexibility index (Phi) is 6.95. The van der Waals surface area contributed by atoms with Gasteiger partial charge >= 0.3 is 0 Å². The van der Waals surface area contributed by atoms with Crippen LogP contribution in [0.1, 0.15) is 37.7 Å². The minimum Gasteiger partial charge on any atom is -0.342 e. The molecule has 4 aliphatic rings. The maximum absolute atomic E-state index is 13.2. The van der Waals surface area contributed by atoms with Gasteiger partial charge in [0.25, 0.3) is 0 Å². The lowest BCUT2D eigenvalue weighted by atomic mass is 9.82. The van der Waals surface area contributed by atoms with E-state index in [4.69, 9.17) is 23.2 Å². The van der Waals surface area contributed by atoms with Gasteiger partial charge < -0.3 is 9.80 Å². The van der Waals surface area contributed by atoms with Gasteiger partial charge in [0.15, 0.2) is 0 Å². The fourth-order valence-electron chi connectivity index (χ4n) is 5.86. The summed E-state index contributed by atoms with van der Waals surface area (Å²) in [6.07, 6.45) is 8.11. The molecule has 7 nitrogen and oxygen atoms in total. The van der Waals surface area contributed by atoms with Gasteiger partial charge in [-0.05, 0) is 67.7 Å². The number of fused-ring (bicyclic) bond motifs is 2. The molecule has 5 rings (SSSR count). The van der Waals surface area contributed by atoms with Crippen LogP contribution in [-0.2, 0) is 9.59 Å². The normalized spacial score (nSPS) is 32.0. The molecule has 2 amide bonds. The minimum absolute atomic E-state index is 0.0111. The molecule has 0 radical (unpaired) electrons. The molecule has 1 aromatic carbocycles. The molecule has 3 aliphatic heterocycles. The summed E-state index contributed by atoms with van der Waals surface area (Å²) in [7, 11) is 0. The molecule has 1 aromatic rings. The number of hydrogen-bond acceptors (Lipinski definition) is 5. The SMILES string of the molecule is O=C(/C=C/c1ccc(Cl)cc1Cl)N1CC[C@@H]2CN(C(=O)C3CCC4NNNC4C3)C[C@@H]2CC1. The summed E-state index contributed by atoms with van der Waals surface area (Å²) in [4.78, 5) is 30.0. The van der Waals surface area contributed by atoms with Crippen molar-refractivity contribution in [2.75, 3.05) is 26.2 Å². The highest BCUT2D eigenvalue weighted by atomic mass is 35.5. The molecule has 0 spiro atoms. The predicted octanol–water partition coefficient (Wildman–Crippen LogP) is 2.85. The molecule has 3 heterocycles. The zero-order valence-corrected chi connectivity index (χ0v) is 20.1. The zero-order valence-electron chi connectivity index (χ0n) is 18.6. The van der Waals surface area contributed by atoms with Crippen molar-refractivity contribution in [3.05, 3.63) is 39.9 Å². The standard InChI is InChI=1S/C24H31Cl2N5O2/c25-19-4-1-15(20(26)12-19)3-6-23(32)30-9-7-17-13-31(14-18(17)8-10-30)24(33)16-2-5-21-22(11-16)28-29-27-21/h1,3-4,6,12,16-18,21-22,27-29H,2,5,7-11,13-14H2/b6-3+/t16?,17-,18+,21?,22?. The minimum atomic E-state index is 0.0111. The zero-order chi connectivity index (χ0) is 22.9. The molecular weight excluding hydrogens is 461 g/mol. The van der Waals surface area contributed by atoms with Gasteiger partial charge in [-0.1, -0.05) is 29.3 Å². The lowest BCUT2D eigenvalue weighted by Crippen LogP contribution is -2.45. The van der Waals surface area contributed by atoms with E-state index < -0.39 is 0 Å². The Hall–Kier alpha value is -1.64. The third-order valence-electron chi connectivity index (χ3n) is 7.82. The highest BCUT2D eigenvalue weighted by Gasteiger charge is 2.42. The van der Waals surface area contributed by atoms with Crippen molar-refractivity contribution in [2.24, 2.45) is 17.8 Å². The highest BCUT2D eigenvalue weighted by Crippen LogP contribution is 2.35. The lowest BCUT2D eigenvalue weighted by Gasteiger charge is -2.32. The molecule has 3 unspecified atom stereocenters. The van der Waals surface area contributed by atoms with Gasteiger partial charge in [0.2, 0.25) is 11.8 Å². The van der Waals surface area contributed by atoms with Crippen molar-refractivity contribution >= 4 is 41.1 Å². The van der Waals surface area contributed by atoms with Crippen LogP contribution in [0.5, 0.6) is 0 Å². The molecule has 0 aromatic heterocycles. The van der Waals surface area contributed by atoms with E-state index in [1.54, 1.807) is 24.3 Å². The number of hydrogen-bond donors (Lipinski definition) is 3. The summed E-state index contributed by atoms with van der Waals surface area (Å²) in [5.74, 6) is 1.41. The van der Waals surface area contributed by atoms with Crippen molar-refractivity contribution in [1.29, 1.82) is 0 Å². The first-order chi connectivity index (χ1) is 16.0. The molecule has 3 saturated heterocycles. The molecular formula is C24H31Cl2N5O2. The number of amides is 2. The second-order valence-corrected chi connectivity index (χ2v) is 10.6. The van der Waals surface area contributed by atoms with E-state index >= 15 is 0 Å². The van der Waals surface area contributed by atoms with Crippen molar-refractivity contribution in [3.63, 3.8) is 0 Å². The van der Waals surface area contributed by atoms with Crippen molar-refractivity contribution in [1.82, 2.24) is 26.2 Å². The maximum Gasteiger partial charge on any atom is 0.246 e. The van der Waals surface area contributed by atoms with E-state index in [2.05, 4.69) is 21.3 Å². The average Bonchev–Trinajstić information content (AvgIpc) is 3.39. The summed E-state index contributed by atoms with van der Waals surface area (Å²) in [6.45, 7) is 3.12. The first kappa shape index (κ1) is 23.1. The first-order valence-corrected chi connectivity index (χ1v) is 12.7. The number of nitrogens with zero attached hydrogens (tertiary/aromatic N) is 2. The van der Waals surface area contributed by atoms with Crippen LogP contribution >= 0.6 is 23.2 Å². The molecule has 3 N–H and O–H groups in total. The summed E-state index contributed by atoms with van der Waals surface area (Å²) in [5.41, 5.74) is 10.3. The average molecular weight is 492 g/mol. The van der Waals surface area contributed by atoms with E-state index in [1.165, 1.54) is 0 Å². The predicted molar refractivity (Wildman–Crippen MR) is 129 cm³/mol. The summed E-state index contributed by atoms with van der Waals surface area (Å²) in [5, 5.41) is 1.11. The Balaban J connectivity index is 1.13. The lowest BCUT2D eigenvalue weighted by molar-refractivity contribution is -0.136. The van der Waals surface area contributed by atoms with Crippen LogP contribution < -0.4 is 16.4 Å². The number of benzene rings is 1. The molecule has 178 valence electrons. The topological polar surface area (TPSA) is 76.7 Å². The third-order valence-corrected chi connectivity index (χ3v) is 8.38. The Morgan fingerprint density at radius 1 is 0.939 bits per heavy atom. The van der Waals surface area contributed by atoms with Crippen molar-refractivity contribution in [3.8, 4) is 0 Å². The van der Waals surface area contributed by atoms with E-state index in [0.29, 0.717) is 39.9 Å². The van der Waals surface area contributed by atoms with E-state index in [1.807, 2.05) is 11.0 Å². The van der Waals surface area contributed by atoms with Crippen molar-refractivity contribution in [2.45, 2.75) is 44.2 Å². The molecule has 33 heavy (non-hydrogen) atoms. The number of carbonyl (C=O) groups is 2. The Bertz CT molecular complexity index is 925. The smallest absolute Gasteiger partial charge is 0.246 e. The molecule has 4 fully saturated rings. The Morgan fingerprint density at radius 3 is 2.39 bits per heavy atom. The highest BCUT2D eigenvalue weighted by molar-refractivity contribution is 6.35. The Morgan fingerprint density at radius 2 is 1.67 bits per heavy atom. The van der Waals surface area contributed by atoms with Crippen LogP contribution in [0.25, 0.3) is 6.08 Å². The fourth-order valence-corrected chi connectivity index (χ4v) is 6.34. The summed E-state index contributed by atoms with van der Waals surface area (Å²) < 4.78 is 0. The van der Waals surface area contributed by atoms with Crippen LogP contribution in [0, 0.1) is 17.8 Å². The number of likely N-dealkylation sites (tertiary alicyclic amines) is 2. The number of carbonyl (C=O) groups excluding carboxylic acids is 2. The van der Waals surface area contributed by atoms with Gasteiger partial charge in [-0.25, -0.2) is 10.9 Å². The Labute approximate surface area is 204 Å². The van der Waals surface area contributed by atoms with Crippen LogP contribution in [0.2, 0.25) is 10.0 Å². The molecule has 1 aliphatic carbocycles. The summed E-state index contributed by atoms with van der Waals surface area (Å²) in [6, 6.07) is 6.01. The molecule has 1 saturated carbocycles. The number of hydrazine groups is 2. The van der Waals surface area contributed by atoms with Crippen LogP contribution in [0.15, 0.2) is 24.3 Å². The monoisotopic (exact) mass is 491 g/mol. The van der Waals surface area contributed by atoms with E-state index in [0.717, 1.165) is 63.8 Å². The van der Waals surface area contributed by atoms with Gasteiger partial charge in [0, 0.05) is 60.3 Å². The maximum atomic E-state index is 13.2. The van der Waals surface area contributed by atoms with E-state index in [-0.39, 0.29) is 11.8 Å². The van der Waals surface area contributed by atoms with Crippen LogP contribution in [0.3, 0.4) is 0 Å². The van der Waals surface area contributed by atoms with E-state index in [9.17, 15) is 9.59 Å². The van der Waals surface area contributed by atoms with Gasteiger partial charge in [0.1, 0.15) is 0 Å². The molecule has 5 atom stereocenters.